The van der Waals surface area contributed by atoms with E-state index in [1.165, 1.54) is 6.07 Å². The highest BCUT2D eigenvalue weighted by Gasteiger charge is 2.17. The van der Waals surface area contributed by atoms with Crippen LogP contribution in [0.2, 0.25) is 0 Å². The lowest BCUT2D eigenvalue weighted by molar-refractivity contribution is 0.136. The fourth-order valence-electron chi connectivity index (χ4n) is 1.28. The number of nitrogens with two attached hydrogens (primary N) is 1. The summed E-state index contributed by atoms with van der Waals surface area (Å²) in [4.78, 5) is 0. The molecule has 1 heterocycles. The first-order chi connectivity index (χ1) is 8.60. The second kappa shape index (κ2) is 7.52. The van der Waals surface area contributed by atoms with Crippen molar-refractivity contribution in [3.8, 4) is 0 Å². The van der Waals surface area contributed by atoms with Crippen molar-refractivity contribution < 1.29 is 17.6 Å². The number of sulfonamides is 1. The van der Waals surface area contributed by atoms with E-state index >= 15 is 0 Å². The Labute approximate surface area is 108 Å². The minimum atomic E-state index is -3.59. The topological polar surface area (TPSA) is 94.6 Å². The molecule has 0 saturated carbocycles. The largest absolute Gasteiger partial charge is 0.447 e. The standard InChI is InChI=1S/C11H20N2O4S/c1-2-3-7-16-8-6-13-18(14,15)11-5-4-10(9-12)17-11/h4-5,13H,2-3,6-9,12H2,1H3. The molecule has 7 heteroatoms. The van der Waals surface area contributed by atoms with Crippen LogP contribution in [-0.4, -0.2) is 28.2 Å². The molecule has 104 valence electrons. The molecule has 0 aliphatic carbocycles. The van der Waals surface area contributed by atoms with Crippen molar-refractivity contribution in [3.63, 3.8) is 0 Å². The van der Waals surface area contributed by atoms with Crippen molar-refractivity contribution in [2.45, 2.75) is 31.4 Å². The van der Waals surface area contributed by atoms with Gasteiger partial charge in [0.1, 0.15) is 5.76 Å². The van der Waals surface area contributed by atoms with Gasteiger partial charge in [0, 0.05) is 13.2 Å². The summed E-state index contributed by atoms with van der Waals surface area (Å²) >= 11 is 0. The number of hydrogen-bond acceptors (Lipinski definition) is 5. The number of ether oxygens (including phenoxy) is 1. The average Bonchev–Trinajstić information content (AvgIpc) is 2.83. The molecule has 6 nitrogen and oxygen atoms in total. The van der Waals surface area contributed by atoms with Crippen molar-refractivity contribution in [1.29, 1.82) is 0 Å². The molecular weight excluding hydrogens is 256 g/mol. The molecule has 1 aromatic heterocycles. The van der Waals surface area contributed by atoms with Crippen molar-refractivity contribution in [2.75, 3.05) is 19.8 Å². The Morgan fingerprint density at radius 1 is 1.39 bits per heavy atom. The zero-order valence-electron chi connectivity index (χ0n) is 10.5. The summed E-state index contributed by atoms with van der Waals surface area (Å²) in [6.45, 7) is 3.47. The lowest BCUT2D eigenvalue weighted by Gasteiger charge is -2.05. The molecular formula is C11H20N2O4S. The van der Waals surface area contributed by atoms with E-state index in [1.54, 1.807) is 6.07 Å². The smallest absolute Gasteiger partial charge is 0.274 e. The first-order valence-corrected chi connectivity index (χ1v) is 7.44. The first kappa shape index (κ1) is 15.2. The van der Waals surface area contributed by atoms with Crippen molar-refractivity contribution in [3.05, 3.63) is 17.9 Å². The SMILES string of the molecule is CCCCOCCNS(=O)(=O)c1ccc(CN)o1. The molecule has 0 amide bonds. The van der Waals surface area contributed by atoms with E-state index in [-0.39, 0.29) is 18.2 Å². The Morgan fingerprint density at radius 3 is 2.78 bits per heavy atom. The zero-order valence-corrected chi connectivity index (χ0v) is 11.3. The van der Waals surface area contributed by atoms with Crippen LogP contribution in [0.25, 0.3) is 0 Å². The second-order valence-electron chi connectivity index (χ2n) is 3.79. The Balaban J connectivity index is 2.36. The van der Waals surface area contributed by atoms with Gasteiger partial charge in [-0.2, -0.15) is 0 Å². The van der Waals surface area contributed by atoms with Gasteiger partial charge in [0.2, 0.25) is 5.09 Å². The van der Waals surface area contributed by atoms with E-state index in [0.29, 0.717) is 19.0 Å². The predicted octanol–water partition coefficient (Wildman–Crippen LogP) is 0.833. The van der Waals surface area contributed by atoms with Gasteiger partial charge in [0.05, 0.1) is 13.2 Å². The molecule has 0 aromatic carbocycles. The molecule has 0 radical (unpaired) electrons. The molecule has 0 spiro atoms. The fourth-order valence-corrected chi connectivity index (χ4v) is 2.24. The van der Waals surface area contributed by atoms with Crippen LogP contribution in [0.1, 0.15) is 25.5 Å². The van der Waals surface area contributed by atoms with Crippen LogP contribution in [0.15, 0.2) is 21.6 Å². The monoisotopic (exact) mass is 276 g/mol. The second-order valence-corrected chi connectivity index (χ2v) is 5.49. The highest BCUT2D eigenvalue weighted by atomic mass is 32.2. The minimum absolute atomic E-state index is 0.114. The van der Waals surface area contributed by atoms with Crippen LogP contribution in [-0.2, 0) is 21.3 Å². The van der Waals surface area contributed by atoms with Crippen LogP contribution in [0.4, 0.5) is 0 Å². The number of rotatable bonds is 9. The lowest BCUT2D eigenvalue weighted by Crippen LogP contribution is -2.27. The lowest BCUT2D eigenvalue weighted by atomic mass is 10.4. The normalized spacial score (nSPS) is 11.9. The van der Waals surface area contributed by atoms with E-state index in [9.17, 15) is 8.42 Å². The summed E-state index contributed by atoms with van der Waals surface area (Å²) in [5, 5.41) is -0.114. The van der Waals surface area contributed by atoms with Crippen LogP contribution in [0.3, 0.4) is 0 Å². The summed E-state index contributed by atoms with van der Waals surface area (Å²) < 4.78 is 36.2. The predicted molar refractivity (Wildman–Crippen MR) is 67.5 cm³/mol. The van der Waals surface area contributed by atoms with Gasteiger partial charge in [-0.05, 0) is 18.6 Å². The van der Waals surface area contributed by atoms with E-state index < -0.39 is 10.0 Å². The zero-order chi connectivity index (χ0) is 13.4. The summed E-state index contributed by atoms with van der Waals surface area (Å²) in [5.74, 6) is 0.439. The molecule has 1 aromatic rings. The number of hydrogen-bond donors (Lipinski definition) is 2. The maximum atomic E-state index is 11.7. The maximum absolute atomic E-state index is 11.7. The van der Waals surface area contributed by atoms with E-state index in [2.05, 4.69) is 11.6 Å². The Kier molecular flexibility index (Phi) is 6.34. The Bertz CT molecular complexity index is 442. The van der Waals surface area contributed by atoms with Crippen LogP contribution in [0.5, 0.6) is 0 Å². The summed E-state index contributed by atoms with van der Waals surface area (Å²) in [6, 6.07) is 2.94. The number of unbranched alkanes of at least 4 members (excludes halogenated alkanes) is 1. The van der Waals surface area contributed by atoms with Crippen molar-refractivity contribution in [1.82, 2.24) is 4.72 Å². The van der Waals surface area contributed by atoms with Crippen molar-refractivity contribution >= 4 is 10.0 Å². The molecule has 0 atom stereocenters. The fraction of sp³-hybridized carbons (Fsp3) is 0.636. The molecule has 0 aliphatic rings. The number of furan rings is 1. The molecule has 0 fully saturated rings. The van der Waals surface area contributed by atoms with Gasteiger partial charge in [0.15, 0.2) is 0 Å². The van der Waals surface area contributed by atoms with Crippen LogP contribution >= 0.6 is 0 Å². The van der Waals surface area contributed by atoms with Gasteiger partial charge >= 0.3 is 0 Å². The molecule has 3 N–H and O–H groups in total. The Hall–Kier alpha value is -0.890. The first-order valence-electron chi connectivity index (χ1n) is 5.96. The summed E-state index contributed by atoms with van der Waals surface area (Å²) in [7, 11) is -3.59. The average molecular weight is 276 g/mol. The molecule has 1 rings (SSSR count). The quantitative estimate of drug-likeness (QED) is 0.652. The van der Waals surface area contributed by atoms with E-state index in [4.69, 9.17) is 14.9 Å². The Morgan fingerprint density at radius 2 is 2.17 bits per heavy atom. The van der Waals surface area contributed by atoms with Gasteiger partial charge < -0.3 is 14.9 Å². The number of nitrogens with one attached hydrogen (secondary N) is 1. The van der Waals surface area contributed by atoms with E-state index in [0.717, 1.165) is 12.8 Å². The molecule has 0 saturated heterocycles. The summed E-state index contributed by atoms with van der Waals surface area (Å²) in [6.07, 6.45) is 2.03. The van der Waals surface area contributed by atoms with Gasteiger partial charge in [0.25, 0.3) is 10.0 Å². The third kappa shape index (κ3) is 4.77. The molecule has 0 unspecified atom stereocenters. The van der Waals surface area contributed by atoms with Crippen LogP contribution < -0.4 is 10.5 Å². The highest BCUT2D eigenvalue weighted by Crippen LogP contribution is 2.12. The molecule has 18 heavy (non-hydrogen) atoms. The van der Waals surface area contributed by atoms with Gasteiger partial charge in [-0.3, -0.25) is 0 Å². The maximum Gasteiger partial charge on any atom is 0.274 e. The van der Waals surface area contributed by atoms with Crippen molar-refractivity contribution in [2.24, 2.45) is 5.73 Å². The minimum Gasteiger partial charge on any atom is -0.447 e. The summed E-state index contributed by atoms with van der Waals surface area (Å²) in [5.41, 5.74) is 5.35. The van der Waals surface area contributed by atoms with Gasteiger partial charge in [-0.15, -0.1) is 0 Å². The third-order valence-electron chi connectivity index (χ3n) is 2.28. The highest BCUT2D eigenvalue weighted by molar-refractivity contribution is 7.89. The van der Waals surface area contributed by atoms with E-state index in [1.807, 2.05) is 0 Å². The van der Waals surface area contributed by atoms with Crippen LogP contribution in [0, 0.1) is 0 Å². The molecule has 0 aliphatic heterocycles. The molecule has 0 bridgehead atoms. The van der Waals surface area contributed by atoms with Gasteiger partial charge in [-0.1, -0.05) is 13.3 Å². The van der Waals surface area contributed by atoms with Gasteiger partial charge in [-0.25, -0.2) is 13.1 Å². The third-order valence-corrected chi connectivity index (χ3v) is 3.62.